The Labute approximate surface area is 188 Å². The second kappa shape index (κ2) is 8.27. The number of aromatic nitrogens is 2. The third kappa shape index (κ3) is 3.93. The van der Waals surface area contributed by atoms with Crippen molar-refractivity contribution >= 4 is 27.5 Å². The number of hydrogen-bond donors (Lipinski definition) is 0. The molecule has 0 radical (unpaired) electrons. The van der Waals surface area contributed by atoms with Gasteiger partial charge in [-0.15, -0.1) is 11.3 Å². The zero-order chi connectivity index (χ0) is 22.2. The van der Waals surface area contributed by atoms with E-state index in [-0.39, 0.29) is 11.7 Å². The smallest absolute Gasteiger partial charge is 0.264 e. The first-order chi connectivity index (χ1) is 15.5. The van der Waals surface area contributed by atoms with Gasteiger partial charge in [0.25, 0.3) is 5.91 Å². The number of halogens is 1. The highest BCUT2D eigenvalue weighted by Crippen LogP contribution is 2.32. The molecule has 164 valence electrons. The third-order valence-electron chi connectivity index (χ3n) is 5.44. The van der Waals surface area contributed by atoms with Gasteiger partial charge in [0.15, 0.2) is 11.5 Å². The van der Waals surface area contributed by atoms with Crippen LogP contribution in [-0.2, 0) is 13.1 Å². The highest BCUT2D eigenvalue weighted by Gasteiger charge is 2.20. The lowest BCUT2D eigenvalue weighted by molar-refractivity contribution is 0.0789. The minimum Gasteiger partial charge on any atom is -0.486 e. The molecule has 2 aromatic carbocycles. The number of fused-ring (bicyclic) bond motifs is 2. The number of carbonyl (C=O) groups excluding carboxylic acids is 1. The average molecular weight is 452 g/mol. The van der Waals surface area contributed by atoms with Gasteiger partial charge >= 0.3 is 0 Å². The van der Waals surface area contributed by atoms with Gasteiger partial charge in [-0.25, -0.2) is 4.39 Å². The molecule has 0 N–H and O–H groups in total. The average Bonchev–Trinajstić information content (AvgIpc) is 3.36. The summed E-state index contributed by atoms with van der Waals surface area (Å²) >= 11 is 1.43. The molecular formula is C24H22FN3O3S. The topological polar surface area (TPSA) is 56.6 Å². The van der Waals surface area contributed by atoms with Crippen LogP contribution < -0.4 is 9.47 Å². The fourth-order valence-electron chi connectivity index (χ4n) is 3.81. The van der Waals surface area contributed by atoms with E-state index in [4.69, 9.17) is 9.47 Å². The van der Waals surface area contributed by atoms with E-state index in [2.05, 4.69) is 5.10 Å². The van der Waals surface area contributed by atoms with Gasteiger partial charge in [-0.3, -0.25) is 9.48 Å². The molecule has 1 amide bonds. The summed E-state index contributed by atoms with van der Waals surface area (Å²) in [5.41, 5.74) is 2.80. The Balaban J connectivity index is 1.35. The fourth-order valence-corrected chi connectivity index (χ4v) is 4.96. The van der Waals surface area contributed by atoms with E-state index in [1.165, 1.54) is 23.5 Å². The molecule has 2 aromatic heterocycles. The summed E-state index contributed by atoms with van der Waals surface area (Å²) in [4.78, 5) is 16.4. The van der Waals surface area contributed by atoms with Gasteiger partial charge in [-0.05, 0) is 48.4 Å². The van der Waals surface area contributed by atoms with Gasteiger partial charge in [0.05, 0.1) is 17.1 Å². The number of thiophene rings is 1. The number of hydrogen-bond acceptors (Lipinski definition) is 5. The predicted molar refractivity (Wildman–Crippen MR) is 121 cm³/mol. The number of benzene rings is 2. The van der Waals surface area contributed by atoms with Gasteiger partial charge in [-0.1, -0.05) is 18.2 Å². The van der Waals surface area contributed by atoms with E-state index in [0.717, 1.165) is 32.8 Å². The number of ether oxygens (including phenoxy) is 2. The molecule has 5 rings (SSSR count). The highest BCUT2D eigenvalue weighted by molar-refractivity contribution is 7.20. The zero-order valence-corrected chi connectivity index (χ0v) is 18.6. The standard InChI is InChI=1S/C24H22FN3O3S/c1-15-19-12-22(32-24(19)28(26-15)14-16-3-6-18(25)7-4-16)23(29)27(2)13-17-5-8-20-21(11-17)31-10-9-30-20/h3-8,11-12H,9-10,13-14H2,1-2H3. The Bertz CT molecular complexity index is 1300. The SMILES string of the molecule is Cc1nn(Cc2ccc(F)cc2)c2sc(C(=O)N(C)Cc3ccc4c(c3)OCCO4)cc12. The van der Waals surface area contributed by atoms with Crippen molar-refractivity contribution in [3.05, 3.63) is 76.0 Å². The van der Waals surface area contributed by atoms with Gasteiger partial charge in [0.1, 0.15) is 23.9 Å². The molecule has 0 spiro atoms. The Kier molecular flexibility index (Phi) is 5.30. The summed E-state index contributed by atoms with van der Waals surface area (Å²) in [6.07, 6.45) is 0. The highest BCUT2D eigenvalue weighted by atomic mass is 32.1. The van der Waals surface area contributed by atoms with Crippen LogP contribution >= 0.6 is 11.3 Å². The molecular weight excluding hydrogens is 429 g/mol. The molecule has 32 heavy (non-hydrogen) atoms. The van der Waals surface area contributed by atoms with Crippen LogP contribution in [0.25, 0.3) is 10.2 Å². The van der Waals surface area contributed by atoms with E-state index < -0.39 is 0 Å². The molecule has 1 aliphatic rings. The summed E-state index contributed by atoms with van der Waals surface area (Å²) in [7, 11) is 1.79. The summed E-state index contributed by atoms with van der Waals surface area (Å²) in [6.45, 7) is 4.00. The molecule has 0 saturated heterocycles. The molecule has 0 aliphatic carbocycles. The maximum atomic E-state index is 13.2. The van der Waals surface area contributed by atoms with Crippen LogP contribution in [0.3, 0.4) is 0 Å². The minimum atomic E-state index is -0.263. The number of rotatable bonds is 5. The van der Waals surface area contributed by atoms with Crippen molar-refractivity contribution in [3.8, 4) is 11.5 Å². The van der Waals surface area contributed by atoms with Gasteiger partial charge in [0, 0.05) is 19.0 Å². The van der Waals surface area contributed by atoms with Crippen molar-refractivity contribution in [2.24, 2.45) is 0 Å². The first-order valence-electron chi connectivity index (χ1n) is 10.3. The van der Waals surface area contributed by atoms with Gasteiger partial charge in [-0.2, -0.15) is 5.10 Å². The largest absolute Gasteiger partial charge is 0.486 e. The number of amides is 1. The molecule has 0 fully saturated rings. The number of aryl methyl sites for hydroxylation is 1. The summed E-state index contributed by atoms with van der Waals surface area (Å²) in [6, 6.07) is 14.1. The molecule has 3 heterocycles. The molecule has 1 aliphatic heterocycles. The molecule has 4 aromatic rings. The van der Waals surface area contributed by atoms with Crippen molar-refractivity contribution in [3.63, 3.8) is 0 Å². The quantitative estimate of drug-likeness (QED) is 0.444. The monoisotopic (exact) mass is 451 g/mol. The van der Waals surface area contributed by atoms with Crippen LogP contribution in [0.1, 0.15) is 26.5 Å². The molecule has 8 heteroatoms. The van der Waals surface area contributed by atoms with E-state index in [9.17, 15) is 9.18 Å². The maximum absolute atomic E-state index is 13.2. The van der Waals surface area contributed by atoms with E-state index in [0.29, 0.717) is 36.9 Å². The first kappa shape index (κ1) is 20.5. The summed E-state index contributed by atoms with van der Waals surface area (Å²) in [5, 5.41) is 5.57. The Morgan fingerprint density at radius 2 is 1.81 bits per heavy atom. The van der Waals surface area contributed by atoms with E-state index in [1.807, 2.05) is 35.9 Å². The lowest BCUT2D eigenvalue weighted by atomic mass is 10.2. The van der Waals surface area contributed by atoms with Crippen LogP contribution in [0.4, 0.5) is 4.39 Å². The zero-order valence-electron chi connectivity index (χ0n) is 17.8. The van der Waals surface area contributed by atoms with Crippen molar-refractivity contribution in [2.75, 3.05) is 20.3 Å². The van der Waals surface area contributed by atoms with Crippen LogP contribution in [0.2, 0.25) is 0 Å². The molecule has 6 nitrogen and oxygen atoms in total. The fraction of sp³-hybridized carbons (Fsp3) is 0.250. The van der Waals surface area contributed by atoms with Crippen molar-refractivity contribution < 1.29 is 18.7 Å². The Morgan fingerprint density at radius 1 is 1.09 bits per heavy atom. The lowest BCUT2D eigenvalue weighted by Gasteiger charge is -2.21. The van der Waals surface area contributed by atoms with Crippen LogP contribution in [-0.4, -0.2) is 40.8 Å². The van der Waals surface area contributed by atoms with Crippen LogP contribution in [0.15, 0.2) is 48.5 Å². The maximum Gasteiger partial charge on any atom is 0.264 e. The first-order valence-corrected chi connectivity index (χ1v) is 11.1. The van der Waals surface area contributed by atoms with E-state index in [1.54, 1.807) is 24.1 Å². The second-order valence-corrected chi connectivity index (χ2v) is 8.87. The molecule has 0 saturated carbocycles. The van der Waals surface area contributed by atoms with Crippen LogP contribution in [0, 0.1) is 12.7 Å². The Morgan fingerprint density at radius 3 is 2.59 bits per heavy atom. The third-order valence-corrected chi connectivity index (χ3v) is 6.57. The van der Waals surface area contributed by atoms with Crippen molar-refractivity contribution in [1.29, 1.82) is 0 Å². The number of nitrogens with zero attached hydrogens (tertiary/aromatic N) is 3. The molecule has 0 atom stereocenters. The minimum absolute atomic E-state index is 0.0474. The predicted octanol–water partition coefficient (Wildman–Crippen LogP) is 4.64. The summed E-state index contributed by atoms with van der Waals surface area (Å²) in [5.74, 6) is 1.14. The summed E-state index contributed by atoms with van der Waals surface area (Å²) < 4.78 is 26.3. The van der Waals surface area contributed by atoms with Gasteiger partial charge < -0.3 is 14.4 Å². The van der Waals surface area contributed by atoms with Crippen molar-refractivity contribution in [2.45, 2.75) is 20.0 Å². The van der Waals surface area contributed by atoms with Gasteiger partial charge in [0.2, 0.25) is 0 Å². The molecule has 0 unspecified atom stereocenters. The van der Waals surface area contributed by atoms with E-state index >= 15 is 0 Å². The lowest BCUT2D eigenvalue weighted by Crippen LogP contribution is -2.25. The normalized spacial score (nSPS) is 12.8. The van der Waals surface area contributed by atoms with Crippen molar-refractivity contribution in [1.82, 2.24) is 14.7 Å². The number of carbonyl (C=O) groups is 1. The second-order valence-electron chi connectivity index (χ2n) is 7.84. The molecule has 0 bridgehead atoms. The van der Waals surface area contributed by atoms with Crippen LogP contribution in [0.5, 0.6) is 11.5 Å². The Hall–Kier alpha value is -3.39.